The Kier molecular flexibility index (Phi) is 7.45. The normalized spacial score (nSPS) is 17.5. The Morgan fingerprint density at radius 3 is 2.74 bits per heavy atom. The summed E-state index contributed by atoms with van der Waals surface area (Å²) >= 11 is 0. The van der Waals surface area contributed by atoms with Crippen molar-refractivity contribution in [1.29, 1.82) is 0 Å². The van der Waals surface area contributed by atoms with E-state index < -0.39 is 35.3 Å². The SMILES string of the molecule is CCc1cc(O)c(F)cc1-c1ccc2c(-c3nc(C4=CCN(C(=O)OC(C)(C)C)C4)c[nH]3)nn(C3CCCCO3)c2c1F. The fourth-order valence-electron chi connectivity index (χ4n) is 5.66. The third-order valence-corrected chi connectivity index (χ3v) is 7.78. The highest BCUT2D eigenvalue weighted by Crippen LogP contribution is 2.39. The fraction of sp³-hybridized carbons (Fsp3) is 0.406. The van der Waals surface area contributed by atoms with E-state index in [9.17, 15) is 14.3 Å². The fourth-order valence-corrected chi connectivity index (χ4v) is 5.66. The van der Waals surface area contributed by atoms with E-state index in [1.807, 2.05) is 33.8 Å². The van der Waals surface area contributed by atoms with Crippen molar-refractivity contribution >= 4 is 22.6 Å². The third-order valence-electron chi connectivity index (χ3n) is 7.78. The van der Waals surface area contributed by atoms with Crippen molar-refractivity contribution in [2.75, 3.05) is 19.7 Å². The lowest BCUT2D eigenvalue weighted by Gasteiger charge is -2.24. The topological polar surface area (TPSA) is 106 Å². The number of carbonyl (C=O) groups excluding carboxylic acids is 1. The number of aromatic hydroxyl groups is 1. The van der Waals surface area contributed by atoms with Crippen LogP contribution in [0.25, 0.3) is 39.1 Å². The molecule has 4 heterocycles. The third kappa shape index (κ3) is 5.49. The average Bonchev–Trinajstić information content (AvgIpc) is 3.73. The Morgan fingerprint density at radius 2 is 2.02 bits per heavy atom. The number of phenols is 1. The molecule has 9 nitrogen and oxygen atoms in total. The van der Waals surface area contributed by atoms with Crippen LogP contribution in [0.4, 0.5) is 13.6 Å². The number of hydrogen-bond donors (Lipinski definition) is 2. The molecule has 6 rings (SSSR count). The molecule has 43 heavy (non-hydrogen) atoms. The molecule has 226 valence electrons. The number of H-pyrrole nitrogens is 1. The molecule has 2 aliphatic heterocycles. The Morgan fingerprint density at radius 1 is 1.21 bits per heavy atom. The minimum atomic E-state index is -0.814. The van der Waals surface area contributed by atoms with Crippen molar-refractivity contribution in [2.24, 2.45) is 0 Å². The molecule has 2 aromatic carbocycles. The number of ether oxygens (including phenoxy) is 2. The maximum Gasteiger partial charge on any atom is 0.410 e. The van der Waals surface area contributed by atoms with Crippen molar-refractivity contribution in [2.45, 2.75) is 65.2 Å². The molecule has 1 fully saturated rings. The van der Waals surface area contributed by atoms with Gasteiger partial charge in [-0.3, -0.25) is 0 Å². The van der Waals surface area contributed by atoms with Gasteiger partial charge in [0.05, 0.1) is 12.2 Å². The molecule has 1 atom stereocenters. The predicted octanol–water partition coefficient (Wildman–Crippen LogP) is 6.97. The number of nitrogens with one attached hydrogen (secondary N) is 1. The average molecular weight is 592 g/mol. The van der Waals surface area contributed by atoms with Crippen LogP contribution < -0.4 is 0 Å². The first-order chi connectivity index (χ1) is 20.5. The standard InChI is InChI=1S/C32H35F2N5O4/c1-5-18-14-25(40)23(33)15-22(18)20-9-10-21-28(37-39(29(21)27(20)34)26-8-6-7-13-42-26)30-35-16-24(36-30)19-11-12-38(17-19)31(41)43-32(2,3)4/h9-11,14-16,26,40H,5-8,12-13,17H2,1-4H3,(H,35,36). The van der Waals surface area contributed by atoms with Crippen LogP contribution in [0.5, 0.6) is 5.75 Å². The van der Waals surface area contributed by atoms with Crippen LogP contribution in [0.1, 0.15) is 64.4 Å². The molecule has 0 saturated carbocycles. The van der Waals surface area contributed by atoms with Crippen LogP contribution in [-0.4, -0.2) is 61.1 Å². The number of amides is 1. The molecule has 1 amide bonds. The number of rotatable bonds is 5. The zero-order valence-corrected chi connectivity index (χ0v) is 24.7. The van der Waals surface area contributed by atoms with E-state index >= 15 is 4.39 Å². The molecule has 4 aromatic rings. The van der Waals surface area contributed by atoms with Gasteiger partial charge in [-0.25, -0.2) is 23.2 Å². The summed E-state index contributed by atoms with van der Waals surface area (Å²) in [6.07, 6.45) is 5.81. The minimum absolute atomic E-state index is 0.213. The second-order valence-electron chi connectivity index (χ2n) is 12.0. The number of hydrogen-bond acceptors (Lipinski definition) is 6. The largest absolute Gasteiger partial charge is 0.505 e. The summed E-state index contributed by atoms with van der Waals surface area (Å²) in [6.45, 7) is 8.66. The van der Waals surface area contributed by atoms with Crippen molar-refractivity contribution in [3.8, 4) is 28.4 Å². The van der Waals surface area contributed by atoms with Crippen LogP contribution >= 0.6 is 0 Å². The number of aromatic amines is 1. The lowest BCUT2D eigenvalue weighted by atomic mass is 9.95. The molecule has 0 spiro atoms. The smallest absolute Gasteiger partial charge is 0.410 e. The maximum absolute atomic E-state index is 16.5. The van der Waals surface area contributed by atoms with Crippen LogP contribution in [0, 0.1) is 11.6 Å². The summed E-state index contributed by atoms with van der Waals surface area (Å²) in [4.78, 5) is 22.1. The summed E-state index contributed by atoms with van der Waals surface area (Å²) in [5.41, 5.74) is 2.83. The van der Waals surface area contributed by atoms with E-state index in [-0.39, 0.29) is 11.1 Å². The van der Waals surface area contributed by atoms with Crippen LogP contribution in [0.15, 0.2) is 36.5 Å². The molecule has 0 radical (unpaired) electrons. The second-order valence-corrected chi connectivity index (χ2v) is 12.0. The van der Waals surface area contributed by atoms with E-state index in [0.29, 0.717) is 66.3 Å². The highest BCUT2D eigenvalue weighted by atomic mass is 19.1. The highest BCUT2D eigenvalue weighted by Gasteiger charge is 2.29. The van der Waals surface area contributed by atoms with Crippen LogP contribution in [0.3, 0.4) is 0 Å². The van der Waals surface area contributed by atoms with E-state index in [2.05, 4.69) is 4.98 Å². The number of fused-ring (bicyclic) bond motifs is 1. The molecule has 2 N–H and O–H groups in total. The molecule has 2 aromatic heterocycles. The summed E-state index contributed by atoms with van der Waals surface area (Å²) in [5, 5.41) is 15.3. The van der Waals surface area contributed by atoms with Crippen LogP contribution in [0.2, 0.25) is 0 Å². The molecule has 2 aliphatic rings. The van der Waals surface area contributed by atoms with Gasteiger partial charge in [0.15, 0.2) is 29.4 Å². The molecule has 0 aliphatic carbocycles. The first-order valence-corrected chi connectivity index (χ1v) is 14.6. The summed E-state index contributed by atoms with van der Waals surface area (Å²) < 4.78 is 44.1. The number of nitrogens with zero attached hydrogens (tertiary/aromatic N) is 4. The minimum Gasteiger partial charge on any atom is -0.505 e. The predicted molar refractivity (Wildman–Crippen MR) is 158 cm³/mol. The maximum atomic E-state index is 16.5. The summed E-state index contributed by atoms with van der Waals surface area (Å²) in [6, 6.07) is 5.89. The molecule has 0 bridgehead atoms. The Hall–Kier alpha value is -4.25. The number of halogens is 2. The number of carbonyl (C=O) groups is 1. The van der Waals surface area contributed by atoms with Crippen molar-refractivity contribution in [3.63, 3.8) is 0 Å². The quantitative estimate of drug-likeness (QED) is 0.260. The van der Waals surface area contributed by atoms with E-state index in [4.69, 9.17) is 19.6 Å². The Bertz CT molecular complexity index is 1730. The van der Waals surface area contributed by atoms with E-state index in [1.165, 1.54) is 12.1 Å². The first-order valence-electron chi connectivity index (χ1n) is 14.6. The number of phenolic OH excluding ortho intramolecular Hbond substituents is 1. The molecule has 11 heteroatoms. The number of aromatic nitrogens is 4. The zero-order valence-electron chi connectivity index (χ0n) is 24.7. The monoisotopic (exact) mass is 591 g/mol. The Labute approximate surface area is 248 Å². The summed E-state index contributed by atoms with van der Waals surface area (Å²) in [5.74, 6) is -1.39. The first kappa shape index (κ1) is 28.9. The van der Waals surface area contributed by atoms with Gasteiger partial charge in [0, 0.05) is 30.3 Å². The summed E-state index contributed by atoms with van der Waals surface area (Å²) in [7, 11) is 0. The highest BCUT2D eigenvalue weighted by molar-refractivity contribution is 5.95. The van der Waals surface area contributed by atoms with Crippen molar-refractivity contribution in [1.82, 2.24) is 24.6 Å². The van der Waals surface area contributed by atoms with Gasteiger partial charge >= 0.3 is 6.09 Å². The van der Waals surface area contributed by atoms with Gasteiger partial charge in [-0.2, -0.15) is 5.10 Å². The van der Waals surface area contributed by atoms with Gasteiger partial charge in [0.2, 0.25) is 0 Å². The number of aryl methyl sites for hydroxylation is 1. The van der Waals surface area contributed by atoms with Crippen molar-refractivity contribution < 1.29 is 28.2 Å². The van der Waals surface area contributed by atoms with Gasteiger partial charge in [-0.05, 0) is 81.4 Å². The zero-order chi connectivity index (χ0) is 30.5. The molecule has 1 unspecified atom stereocenters. The van der Waals surface area contributed by atoms with Gasteiger partial charge in [-0.1, -0.05) is 19.1 Å². The van der Waals surface area contributed by atoms with Gasteiger partial charge in [0.25, 0.3) is 0 Å². The van der Waals surface area contributed by atoms with E-state index in [1.54, 1.807) is 27.9 Å². The molecular weight excluding hydrogens is 556 g/mol. The lowest BCUT2D eigenvalue weighted by Crippen LogP contribution is -2.35. The van der Waals surface area contributed by atoms with Gasteiger partial charge < -0.3 is 24.5 Å². The molecular formula is C32H35F2N5O4. The Balaban J connectivity index is 1.39. The number of benzene rings is 2. The lowest BCUT2D eigenvalue weighted by molar-refractivity contribution is -0.0368. The van der Waals surface area contributed by atoms with Gasteiger partial charge in [-0.15, -0.1) is 0 Å². The van der Waals surface area contributed by atoms with E-state index in [0.717, 1.165) is 18.4 Å². The van der Waals surface area contributed by atoms with Crippen molar-refractivity contribution in [3.05, 3.63) is 59.4 Å². The molecule has 1 saturated heterocycles. The number of imidazole rings is 1. The second kappa shape index (κ2) is 11.1. The van der Waals surface area contributed by atoms with Gasteiger partial charge in [0.1, 0.15) is 16.8 Å². The van der Waals surface area contributed by atoms with Crippen LogP contribution in [-0.2, 0) is 15.9 Å².